The first kappa shape index (κ1) is 16.3. The third kappa shape index (κ3) is 5.99. The molecule has 0 bridgehead atoms. The van der Waals surface area contributed by atoms with Crippen LogP contribution in [0.2, 0.25) is 0 Å². The van der Waals surface area contributed by atoms with Crippen molar-refractivity contribution in [2.45, 2.75) is 38.5 Å². The second-order valence-electron chi connectivity index (χ2n) is 4.45. The zero-order valence-corrected chi connectivity index (χ0v) is 11.6. The maximum atomic E-state index is 11.7. The predicted molar refractivity (Wildman–Crippen MR) is 65.8 cm³/mol. The zero-order valence-electron chi connectivity index (χ0n) is 10.8. The van der Waals surface area contributed by atoms with Gasteiger partial charge in [-0.05, 0) is 19.3 Å². The van der Waals surface area contributed by atoms with Crippen LogP contribution in [0, 0.1) is 5.92 Å². The Kier molecular flexibility index (Phi) is 6.66. The summed E-state index contributed by atoms with van der Waals surface area (Å²) < 4.78 is 30.0. The molecule has 0 aliphatic heterocycles. The molecule has 0 aliphatic carbocycles. The molecule has 0 spiro atoms. The highest BCUT2D eigenvalue weighted by molar-refractivity contribution is 7.90. The minimum Gasteiger partial charge on any atom is -0.468 e. The molecule has 0 amide bonds. The predicted octanol–water partition coefficient (Wildman–Crippen LogP) is -0.159. The van der Waals surface area contributed by atoms with Gasteiger partial charge in [0, 0.05) is 12.6 Å². The van der Waals surface area contributed by atoms with Crippen LogP contribution in [0.3, 0.4) is 0 Å². The van der Waals surface area contributed by atoms with E-state index in [0.29, 0.717) is 5.92 Å². The van der Waals surface area contributed by atoms with Crippen molar-refractivity contribution in [3.8, 4) is 0 Å². The van der Waals surface area contributed by atoms with Gasteiger partial charge in [-0.25, -0.2) is 13.1 Å². The molecule has 17 heavy (non-hydrogen) atoms. The molecule has 0 rings (SSSR count). The summed E-state index contributed by atoms with van der Waals surface area (Å²) >= 11 is 0. The minimum absolute atomic E-state index is 0.127. The molecule has 0 aliphatic rings. The molecule has 0 saturated carbocycles. The van der Waals surface area contributed by atoms with E-state index in [1.807, 2.05) is 13.8 Å². The van der Waals surface area contributed by atoms with Crippen LogP contribution in [0.15, 0.2) is 0 Å². The second kappa shape index (κ2) is 6.93. The molecule has 3 N–H and O–H groups in total. The van der Waals surface area contributed by atoms with Crippen LogP contribution in [0.5, 0.6) is 0 Å². The highest BCUT2D eigenvalue weighted by atomic mass is 32.2. The average Bonchev–Trinajstić information content (AvgIpc) is 2.23. The third-order valence-corrected chi connectivity index (χ3v) is 4.01. The molecule has 0 saturated heterocycles. The van der Waals surface area contributed by atoms with Gasteiger partial charge in [0.25, 0.3) is 0 Å². The Morgan fingerprint density at radius 3 is 2.29 bits per heavy atom. The standard InChI is InChI=1S/C10H22N2O4S/c1-7(2)5-9(11)6-12-17(14,15)8(3)10(13)16-4/h7-9,12H,5-6,11H2,1-4H3. The van der Waals surface area contributed by atoms with Gasteiger partial charge in [-0.3, -0.25) is 4.79 Å². The van der Waals surface area contributed by atoms with Gasteiger partial charge in [0.05, 0.1) is 7.11 Å². The van der Waals surface area contributed by atoms with E-state index in [2.05, 4.69) is 9.46 Å². The van der Waals surface area contributed by atoms with Crippen molar-refractivity contribution < 1.29 is 17.9 Å². The molecule has 2 unspecified atom stereocenters. The van der Waals surface area contributed by atoms with E-state index in [1.54, 1.807) is 0 Å². The van der Waals surface area contributed by atoms with Gasteiger partial charge >= 0.3 is 5.97 Å². The molecule has 0 heterocycles. The van der Waals surface area contributed by atoms with Crippen molar-refractivity contribution in [2.75, 3.05) is 13.7 Å². The molecular formula is C10H22N2O4S. The lowest BCUT2D eigenvalue weighted by molar-refractivity contribution is -0.139. The fraction of sp³-hybridized carbons (Fsp3) is 0.900. The summed E-state index contributed by atoms with van der Waals surface area (Å²) in [6.07, 6.45) is 0.717. The summed E-state index contributed by atoms with van der Waals surface area (Å²) in [5, 5.41) is -1.22. The molecule has 0 radical (unpaired) electrons. The van der Waals surface area contributed by atoms with Gasteiger partial charge in [0.15, 0.2) is 5.25 Å². The van der Waals surface area contributed by atoms with E-state index in [9.17, 15) is 13.2 Å². The van der Waals surface area contributed by atoms with Gasteiger partial charge in [-0.1, -0.05) is 13.8 Å². The normalized spacial score (nSPS) is 15.6. The van der Waals surface area contributed by atoms with Gasteiger partial charge in [-0.2, -0.15) is 0 Å². The highest BCUT2D eigenvalue weighted by Crippen LogP contribution is 2.04. The first-order valence-electron chi connectivity index (χ1n) is 5.52. The van der Waals surface area contributed by atoms with E-state index in [4.69, 9.17) is 5.73 Å². The van der Waals surface area contributed by atoms with E-state index in [0.717, 1.165) is 13.5 Å². The number of nitrogens with one attached hydrogen (secondary N) is 1. The van der Waals surface area contributed by atoms with Crippen molar-refractivity contribution in [2.24, 2.45) is 11.7 Å². The number of ether oxygens (including phenoxy) is 1. The van der Waals surface area contributed by atoms with Crippen LogP contribution in [0.4, 0.5) is 0 Å². The Hall–Kier alpha value is -0.660. The largest absolute Gasteiger partial charge is 0.468 e. The van der Waals surface area contributed by atoms with Crippen molar-refractivity contribution in [1.29, 1.82) is 0 Å². The number of methoxy groups -OCH3 is 1. The Morgan fingerprint density at radius 2 is 1.88 bits per heavy atom. The zero-order chi connectivity index (χ0) is 13.6. The number of nitrogens with two attached hydrogens (primary N) is 1. The van der Waals surface area contributed by atoms with E-state index in [1.165, 1.54) is 6.92 Å². The van der Waals surface area contributed by atoms with Crippen LogP contribution in [-0.4, -0.2) is 39.3 Å². The van der Waals surface area contributed by atoms with Gasteiger partial charge in [-0.15, -0.1) is 0 Å². The molecule has 7 heteroatoms. The van der Waals surface area contributed by atoms with Gasteiger partial charge in [0.2, 0.25) is 10.0 Å². The number of hydrogen-bond donors (Lipinski definition) is 2. The van der Waals surface area contributed by atoms with Crippen molar-refractivity contribution in [3.05, 3.63) is 0 Å². The SMILES string of the molecule is COC(=O)C(C)S(=O)(=O)NCC(N)CC(C)C. The molecule has 0 aromatic rings. The quantitative estimate of drug-likeness (QED) is 0.624. The first-order chi connectivity index (χ1) is 7.70. The van der Waals surface area contributed by atoms with Gasteiger partial charge in [0.1, 0.15) is 0 Å². The molecule has 0 fully saturated rings. The lowest BCUT2D eigenvalue weighted by atomic mass is 10.1. The molecule has 0 aromatic carbocycles. The summed E-state index contributed by atoms with van der Waals surface area (Å²) in [5.74, 6) is -0.387. The van der Waals surface area contributed by atoms with E-state index < -0.39 is 21.2 Å². The Balaban J connectivity index is 4.32. The molecular weight excluding hydrogens is 244 g/mol. The monoisotopic (exact) mass is 266 g/mol. The Labute approximate surface area is 103 Å². The van der Waals surface area contributed by atoms with Crippen LogP contribution in [0.25, 0.3) is 0 Å². The third-order valence-electron chi connectivity index (χ3n) is 2.32. The first-order valence-corrected chi connectivity index (χ1v) is 7.07. The van der Waals surface area contributed by atoms with Crippen molar-refractivity contribution >= 4 is 16.0 Å². The maximum absolute atomic E-state index is 11.7. The number of carbonyl (C=O) groups is 1. The van der Waals surface area contributed by atoms with E-state index >= 15 is 0 Å². The fourth-order valence-corrected chi connectivity index (χ4v) is 2.38. The molecule has 102 valence electrons. The number of carbonyl (C=O) groups excluding carboxylic acids is 1. The number of esters is 1. The maximum Gasteiger partial charge on any atom is 0.325 e. The van der Waals surface area contributed by atoms with E-state index in [-0.39, 0.29) is 12.6 Å². The molecule has 0 aromatic heterocycles. The van der Waals surface area contributed by atoms with Crippen LogP contribution in [-0.2, 0) is 19.6 Å². The summed E-state index contributed by atoms with van der Waals surface area (Å²) in [6, 6.07) is -0.255. The summed E-state index contributed by atoms with van der Waals surface area (Å²) in [5.41, 5.74) is 5.75. The second-order valence-corrected chi connectivity index (χ2v) is 6.53. The molecule has 2 atom stereocenters. The fourth-order valence-electron chi connectivity index (χ4n) is 1.33. The summed E-state index contributed by atoms with van der Waals surface area (Å²) in [6.45, 7) is 5.42. The number of rotatable bonds is 7. The summed E-state index contributed by atoms with van der Waals surface area (Å²) in [4.78, 5) is 11.1. The highest BCUT2D eigenvalue weighted by Gasteiger charge is 2.28. The average molecular weight is 266 g/mol. The summed E-state index contributed by atoms with van der Waals surface area (Å²) in [7, 11) is -2.56. The Bertz CT molecular complexity index is 340. The minimum atomic E-state index is -3.71. The molecule has 6 nitrogen and oxygen atoms in total. The van der Waals surface area contributed by atoms with Crippen molar-refractivity contribution in [1.82, 2.24) is 4.72 Å². The van der Waals surface area contributed by atoms with Gasteiger partial charge < -0.3 is 10.5 Å². The van der Waals surface area contributed by atoms with Crippen LogP contribution < -0.4 is 10.5 Å². The van der Waals surface area contributed by atoms with Crippen LogP contribution in [0.1, 0.15) is 27.2 Å². The number of hydrogen-bond acceptors (Lipinski definition) is 5. The van der Waals surface area contributed by atoms with Crippen molar-refractivity contribution in [3.63, 3.8) is 0 Å². The number of sulfonamides is 1. The lowest BCUT2D eigenvalue weighted by Crippen LogP contribution is -2.43. The lowest BCUT2D eigenvalue weighted by Gasteiger charge is -2.16. The van der Waals surface area contributed by atoms with Crippen LogP contribution >= 0.6 is 0 Å². The Morgan fingerprint density at radius 1 is 1.35 bits per heavy atom. The topological polar surface area (TPSA) is 98.5 Å². The smallest absolute Gasteiger partial charge is 0.325 e.